The molecule has 0 heterocycles. The molecule has 1 unspecified atom stereocenters. The van der Waals surface area contributed by atoms with Gasteiger partial charge in [-0.3, -0.25) is 0 Å². The maximum atomic E-state index is 4.90. The molecule has 0 amide bonds. The van der Waals surface area contributed by atoms with Gasteiger partial charge in [-0.05, 0) is 11.8 Å². The molecule has 0 fully saturated rings. The zero-order chi connectivity index (χ0) is 6.57. The normalized spacial score (nSPS) is 12.8. The summed E-state index contributed by atoms with van der Waals surface area (Å²) in [5.74, 6) is 1.09. The Bertz CT molecular complexity index is 96.7. The maximum absolute atomic E-state index is 4.90. The van der Waals surface area contributed by atoms with E-state index in [1.165, 1.54) is 0 Å². The van der Waals surface area contributed by atoms with Crippen LogP contribution >= 0.6 is 24.8 Å². The Morgan fingerprint density at radius 3 is 2.50 bits per heavy atom. The van der Waals surface area contributed by atoms with Gasteiger partial charge in [-0.15, -0.1) is 6.58 Å². The SMILES string of the molecule is C=CC(CS)C(C)=S. The van der Waals surface area contributed by atoms with Crippen molar-refractivity contribution in [2.45, 2.75) is 6.92 Å². The monoisotopic (exact) mass is 146 g/mol. The van der Waals surface area contributed by atoms with Crippen molar-refractivity contribution < 1.29 is 0 Å². The van der Waals surface area contributed by atoms with Gasteiger partial charge in [0, 0.05) is 11.7 Å². The number of hydrogen-bond donors (Lipinski definition) is 1. The van der Waals surface area contributed by atoms with E-state index in [0.29, 0.717) is 5.92 Å². The zero-order valence-corrected chi connectivity index (χ0v) is 6.64. The minimum absolute atomic E-state index is 0.313. The zero-order valence-electron chi connectivity index (χ0n) is 4.92. The second kappa shape index (κ2) is 4.10. The van der Waals surface area contributed by atoms with Gasteiger partial charge in [0.1, 0.15) is 0 Å². The minimum atomic E-state index is 0.313. The number of thiol groups is 1. The number of allylic oxidation sites excluding steroid dienone is 1. The number of hydrogen-bond acceptors (Lipinski definition) is 2. The summed E-state index contributed by atoms with van der Waals surface area (Å²) < 4.78 is 0. The molecule has 0 aromatic heterocycles. The second-order valence-corrected chi connectivity index (χ2v) is 2.64. The van der Waals surface area contributed by atoms with Crippen LogP contribution in [-0.4, -0.2) is 10.6 Å². The van der Waals surface area contributed by atoms with Crippen molar-refractivity contribution in [2.75, 3.05) is 5.75 Å². The summed E-state index contributed by atoms with van der Waals surface area (Å²) in [5, 5.41) is 0. The van der Waals surface area contributed by atoms with Crippen LogP contribution in [-0.2, 0) is 0 Å². The van der Waals surface area contributed by atoms with Crippen LogP contribution in [0.15, 0.2) is 12.7 Å². The van der Waals surface area contributed by atoms with Crippen molar-refractivity contribution in [1.29, 1.82) is 0 Å². The smallest absolute Gasteiger partial charge is 0.0165 e. The van der Waals surface area contributed by atoms with Crippen LogP contribution in [0.2, 0.25) is 0 Å². The molecule has 0 aromatic carbocycles. The molecular formula is C6H10S2. The fourth-order valence-corrected chi connectivity index (χ4v) is 1.10. The molecule has 1 atom stereocenters. The van der Waals surface area contributed by atoms with Crippen LogP contribution in [0.3, 0.4) is 0 Å². The van der Waals surface area contributed by atoms with Crippen LogP contribution in [0.1, 0.15) is 6.92 Å². The molecule has 0 radical (unpaired) electrons. The fourth-order valence-electron chi connectivity index (χ4n) is 0.369. The second-order valence-electron chi connectivity index (χ2n) is 1.64. The molecule has 0 spiro atoms. The highest BCUT2D eigenvalue weighted by Crippen LogP contribution is 2.02. The van der Waals surface area contributed by atoms with Crippen LogP contribution in [0.25, 0.3) is 0 Å². The van der Waals surface area contributed by atoms with Crippen LogP contribution in [0.4, 0.5) is 0 Å². The minimum Gasteiger partial charge on any atom is -0.178 e. The van der Waals surface area contributed by atoms with Gasteiger partial charge >= 0.3 is 0 Å². The van der Waals surface area contributed by atoms with E-state index >= 15 is 0 Å². The fraction of sp³-hybridized carbons (Fsp3) is 0.500. The average Bonchev–Trinajstić information content (AvgIpc) is 1.69. The summed E-state index contributed by atoms with van der Waals surface area (Å²) in [7, 11) is 0. The molecule has 2 heteroatoms. The van der Waals surface area contributed by atoms with Crippen molar-refractivity contribution in [3.63, 3.8) is 0 Å². The highest BCUT2D eigenvalue weighted by atomic mass is 32.1. The van der Waals surface area contributed by atoms with Gasteiger partial charge in [0.15, 0.2) is 0 Å². The Morgan fingerprint density at radius 2 is 2.50 bits per heavy atom. The lowest BCUT2D eigenvalue weighted by molar-refractivity contribution is 1.04. The van der Waals surface area contributed by atoms with Gasteiger partial charge in [0.25, 0.3) is 0 Å². The van der Waals surface area contributed by atoms with Gasteiger partial charge in [-0.25, -0.2) is 0 Å². The van der Waals surface area contributed by atoms with E-state index < -0.39 is 0 Å². The summed E-state index contributed by atoms with van der Waals surface area (Å²) >= 11 is 8.97. The molecule has 0 bridgehead atoms. The van der Waals surface area contributed by atoms with Gasteiger partial charge < -0.3 is 0 Å². The molecule has 0 nitrogen and oxygen atoms in total. The number of rotatable bonds is 3. The Kier molecular flexibility index (Phi) is 4.19. The average molecular weight is 146 g/mol. The summed E-state index contributed by atoms with van der Waals surface area (Å²) in [6.45, 7) is 5.53. The Morgan fingerprint density at radius 1 is 2.00 bits per heavy atom. The van der Waals surface area contributed by atoms with Gasteiger partial charge in [-0.2, -0.15) is 12.6 Å². The van der Waals surface area contributed by atoms with Crippen LogP contribution < -0.4 is 0 Å². The van der Waals surface area contributed by atoms with E-state index in [1.54, 1.807) is 0 Å². The van der Waals surface area contributed by atoms with E-state index in [1.807, 2.05) is 13.0 Å². The third-order valence-electron chi connectivity index (χ3n) is 1.00. The predicted molar refractivity (Wildman–Crippen MR) is 45.8 cm³/mol. The lowest BCUT2D eigenvalue weighted by atomic mass is 10.1. The highest BCUT2D eigenvalue weighted by Gasteiger charge is 2.00. The van der Waals surface area contributed by atoms with Gasteiger partial charge in [0.2, 0.25) is 0 Å². The van der Waals surface area contributed by atoms with Crippen molar-refractivity contribution >= 4 is 29.7 Å². The third-order valence-corrected chi connectivity index (χ3v) is 1.70. The van der Waals surface area contributed by atoms with Crippen LogP contribution in [0, 0.1) is 5.92 Å². The lowest BCUT2D eigenvalue weighted by Crippen LogP contribution is -2.06. The lowest BCUT2D eigenvalue weighted by Gasteiger charge is -2.03. The van der Waals surface area contributed by atoms with E-state index in [9.17, 15) is 0 Å². The molecule has 0 rings (SSSR count). The van der Waals surface area contributed by atoms with E-state index in [2.05, 4.69) is 19.2 Å². The molecule has 0 aliphatic rings. The Balaban J connectivity index is 3.69. The first-order valence-corrected chi connectivity index (χ1v) is 3.50. The molecule has 0 saturated carbocycles. The molecule has 0 aliphatic heterocycles. The maximum Gasteiger partial charge on any atom is 0.0165 e. The summed E-state index contributed by atoms with van der Waals surface area (Å²) in [6.07, 6.45) is 1.83. The molecular weight excluding hydrogens is 136 g/mol. The summed E-state index contributed by atoms with van der Waals surface area (Å²) in [4.78, 5) is 0.968. The van der Waals surface area contributed by atoms with E-state index in [0.717, 1.165) is 10.6 Å². The van der Waals surface area contributed by atoms with E-state index in [-0.39, 0.29) is 0 Å². The van der Waals surface area contributed by atoms with Crippen LogP contribution in [0.5, 0.6) is 0 Å². The topological polar surface area (TPSA) is 0 Å². The van der Waals surface area contributed by atoms with Crippen molar-refractivity contribution in [1.82, 2.24) is 0 Å². The Hall–Kier alpha value is 0.180. The molecule has 0 aromatic rings. The quantitative estimate of drug-likeness (QED) is 0.361. The highest BCUT2D eigenvalue weighted by molar-refractivity contribution is 7.81. The van der Waals surface area contributed by atoms with E-state index in [4.69, 9.17) is 12.2 Å². The van der Waals surface area contributed by atoms with Crippen molar-refractivity contribution in [3.05, 3.63) is 12.7 Å². The number of thiocarbonyl (C=S) groups is 1. The first-order valence-electron chi connectivity index (χ1n) is 2.46. The van der Waals surface area contributed by atoms with Gasteiger partial charge in [-0.1, -0.05) is 18.3 Å². The van der Waals surface area contributed by atoms with Crippen molar-refractivity contribution in [3.8, 4) is 0 Å². The molecule has 8 heavy (non-hydrogen) atoms. The van der Waals surface area contributed by atoms with Crippen molar-refractivity contribution in [2.24, 2.45) is 5.92 Å². The van der Waals surface area contributed by atoms with Gasteiger partial charge in [0.05, 0.1) is 0 Å². The predicted octanol–water partition coefficient (Wildman–Crippen LogP) is 2.11. The molecule has 0 N–H and O–H groups in total. The summed E-state index contributed by atoms with van der Waals surface area (Å²) in [5.41, 5.74) is 0. The third kappa shape index (κ3) is 2.48. The Labute approximate surface area is 61.4 Å². The largest absolute Gasteiger partial charge is 0.178 e. The first-order chi connectivity index (χ1) is 3.72. The summed E-state index contributed by atoms with van der Waals surface area (Å²) in [6, 6.07) is 0. The standard InChI is InChI=1S/C6H10S2/c1-3-6(4-7)5(2)8/h3,6-7H,1,4H2,2H3. The molecule has 0 aliphatic carbocycles. The first kappa shape index (κ1) is 8.18. The molecule has 46 valence electrons. The molecule has 0 saturated heterocycles.